The van der Waals surface area contributed by atoms with Crippen molar-refractivity contribution in [2.75, 3.05) is 0 Å². The van der Waals surface area contributed by atoms with Gasteiger partial charge in [-0.25, -0.2) is 0 Å². The lowest BCUT2D eigenvalue weighted by molar-refractivity contribution is 0.426. The van der Waals surface area contributed by atoms with Crippen molar-refractivity contribution in [2.45, 2.75) is 0 Å². The van der Waals surface area contributed by atoms with E-state index < -0.39 is 7.12 Å². The third-order valence-corrected chi connectivity index (χ3v) is 3.63. The Labute approximate surface area is 112 Å². The van der Waals surface area contributed by atoms with Crippen LogP contribution in [0.25, 0.3) is 21.9 Å². The van der Waals surface area contributed by atoms with E-state index in [4.69, 9.17) is 0 Å². The molecule has 0 bridgehead atoms. The summed E-state index contributed by atoms with van der Waals surface area (Å²) in [6.45, 7) is 7.73. The summed E-state index contributed by atoms with van der Waals surface area (Å²) in [7, 11) is -1.47. The highest BCUT2D eigenvalue weighted by Crippen LogP contribution is 2.42. The van der Waals surface area contributed by atoms with Gasteiger partial charge in [-0.1, -0.05) is 55.6 Å². The monoisotopic (exact) mass is 248 g/mol. The molecule has 3 heteroatoms. The molecule has 1 aliphatic carbocycles. The van der Waals surface area contributed by atoms with Crippen LogP contribution in [0, 0.1) is 0 Å². The minimum Gasteiger partial charge on any atom is -0.423 e. The van der Waals surface area contributed by atoms with E-state index in [1.807, 2.05) is 36.4 Å². The molecule has 2 N–H and O–H groups in total. The SMILES string of the molecule is C=CC1=C(C=C)c2ccc(B(O)O)c3cccc1c23. The molecule has 0 saturated carbocycles. The molecule has 2 nitrogen and oxygen atoms in total. The van der Waals surface area contributed by atoms with Gasteiger partial charge in [-0.3, -0.25) is 0 Å². The lowest BCUT2D eigenvalue weighted by Gasteiger charge is -2.08. The van der Waals surface area contributed by atoms with Gasteiger partial charge in [0.25, 0.3) is 0 Å². The number of benzene rings is 2. The van der Waals surface area contributed by atoms with Gasteiger partial charge < -0.3 is 10.0 Å². The number of allylic oxidation sites excluding steroid dienone is 4. The predicted molar refractivity (Wildman–Crippen MR) is 81.0 cm³/mol. The van der Waals surface area contributed by atoms with Crippen molar-refractivity contribution in [3.05, 3.63) is 66.8 Å². The predicted octanol–water partition coefficient (Wildman–Crippen LogP) is 2.12. The molecular weight excluding hydrogens is 235 g/mol. The van der Waals surface area contributed by atoms with E-state index in [9.17, 15) is 10.0 Å². The largest absolute Gasteiger partial charge is 0.489 e. The Morgan fingerprint density at radius 2 is 1.53 bits per heavy atom. The summed E-state index contributed by atoms with van der Waals surface area (Å²) >= 11 is 0. The zero-order valence-electron chi connectivity index (χ0n) is 10.4. The van der Waals surface area contributed by atoms with E-state index in [0.717, 1.165) is 33.0 Å². The van der Waals surface area contributed by atoms with Crippen molar-refractivity contribution in [3.8, 4) is 0 Å². The Kier molecular flexibility index (Phi) is 2.66. The van der Waals surface area contributed by atoms with E-state index in [1.54, 1.807) is 6.07 Å². The number of rotatable bonds is 3. The summed E-state index contributed by atoms with van der Waals surface area (Å²) in [5.74, 6) is 0. The molecular formula is C16H13BO2. The third-order valence-electron chi connectivity index (χ3n) is 3.63. The van der Waals surface area contributed by atoms with Crippen LogP contribution < -0.4 is 5.46 Å². The number of hydrogen-bond donors (Lipinski definition) is 2. The zero-order valence-corrected chi connectivity index (χ0v) is 10.4. The van der Waals surface area contributed by atoms with Crippen molar-refractivity contribution in [1.82, 2.24) is 0 Å². The summed E-state index contributed by atoms with van der Waals surface area (Å²) in [4.78, 5) is 0. The first kappa shape index (κ1) is 12.0. The van der Waals surface area contributed by atoms with Crippen LogP contribution in [0.3, 0.4) is 0 Å². The van der Waals surface area contributed by atoms with E-state index in [0.29, 0.717) is 5.46 Å². The zero-order chi connectivity index (χ0) is 13.6. The Morgan fingerprint density at radius 1 is 0.895 bits per heavy atom. The minimum atomic E-state index is -1.47. The second-order valence-corrected chi connectivity index (χ2v) is 4.54. The first-order valence-electron chi connectivity index (χ1n) is 6.10. The van der Waals surface area contributed by atoms with Crippen molar-refractivity contribution in [1.29, 1.82) is 0 Å². The van der Waals surface area contributed by atoms with Crippen LogP contribution in [0.4, 0.5) is 0 Å². The van der Waals surface area contributed by atoms with Crippen molar-refractivity contribution in [2.24, 2.45) is 0 Å². The molecule has 1 aliphatic rings. The number of hydrogen-bond acceptors (Lipinski definition) is 2. The molecule has 0 radical (unpaired) electrons. The molecule has 3 rings (SSSR count). The van der Waals surface area contributed by atoms with Crippen LogP contribution in [0.15, 0.2) is 55.6 Å². The highest BCUT2D eigenvalue weighted by atomic mass is 16.4. The maximum atomic E-state index is 9.47. The van der Waals surface area contributed by atoms with Crippen LogP contribution in [0.1, 0.15) is 11.1 Å². The Hall–Kier alpha value is -2.10. The van der Waals surface area contributed by atoms with Crippen LogP contribution in [0.5, 0.6) is 0 Å². The fourth-order valence-corrected chi connectivity index (χ4v) is 2.83. The molecule has 2 aromatic rings. The maximum absolute atomic E-state index is 9.47. The molecule has 0 amide bonds. The van der Waals surface area contributed by atoms with E-state index in [1.165, 1.54) is 0 Å². The molecule has 0 fully saturated rings. The highest BCUT2D eigenvalue weighted by Gasteiger charge is 2.24. The van der Waals surface area contributed by atoms with Gasteiger partial charge in [-0.05, 0) is 38.5 Å². The molecule has 0 heterocycles. The van der Waals surface area contributed by atoms with Crippen LogP contribution in [-0.4, -0.2) is 17.2 Å². The quantitative estimate of drug-likeness (QED) is 0.817. The van der Waals surface area contributed by atoms with Gasteiger partial charge in [0, 0.05) is 0 Å². The van der Waals surface area contributed by atoms with Gasteiger partial charge in [-0.2, -0.15) is 0 Å². The minimum absolute atomic E-state index is 0.523. The molecule has 0 spiro atoms. The summed E-state index contributed by atoms with van der Waals surface area (Å²) in [6, 6.07) is 9.51. The molecule has 2 aromatic carbocycles. The average molecular weight is 248 g/mol. The van der Waals surface area contributed by atoms with Crippen molar-refractivity contribution in [3.63, 3.8) is 0 Å². The average Bonchev–Trinajstić information content (AvgIpc) is 2.74. The topological polar surface area (TPSA) is 40.5 Å². The van der Waals surface area contributed by atoms with Gasteiger partial charge in [-0.15, -0.1) is 0 Å². The molecule has 0 aromatic heterocycles. The summed E-state index contributed by atoms with van der Waals surface area (Å²) in [5.41, 5.74) is 4.74. The van der Waals surface area contributed by atoms with Gasteiger partial charge in [0.1, 0.15) is 0 Å². The van der Waals surface area contributed by atoms with Gasteiger partial charge in [0.2, 0.25) is 0 Å². The maximum Gasteiger partial charge on any atom is 0.489 e. The highest BCUT2D eigenvalue weighted by molar-refractivity contribution is 6.62. The summed E-state index contributed by atoms with van der Waals surface area (Å²) in [6.07, 6.45) is 3.64. The first-order chi connectivity index (χ1) is 9.19. The fraction of sp³-hybridized carbons (Fsp3) is 0. The lowest BCUT2D eigenvalue weighted by atomic mass is 9.76. The molecule has 0 aliphatic heterocycles. The van der Waals surface area contributed by atoms with Crippen LogP contribution in [0.2, 0.25) is 0 Å². The van der Waals surface area contributed by atoms with Gasteiger partial charge in [0.15, 0.2) is 0 Å². The first-order valence-corrected chi connectivity index (χ1v) is 6.10. The van der Waals surface area contributed by atoms with Gasteiger partial charge >= 0.3 is 7.12 Å². The molecule has 92 valence electrons. The normalized spacial score (nSPS) is 12.9. The summed E-state index contributed by atoms with van der Waals surface area (Å²) < 4.78 is 0. The van der Waals surface area contributed by atoms with E-state index in [2.05, 4.69) is 13.2 Å². The van der Waals surface area contributed by atoms with Crippen LogP contribution >= 0.6 is 0 Å². The molecule has 0 unspecified atom stereocenters. The second-order valence-electron chi connectivity index (χ2n) is 4.54. The Bertz CT molecular complexity index is 717. The molecule has 0 saturated heterocycles. The molecule has 19 heavy (non-hydrogen) atoms. The van der Waals surface area contributed by atoms with E-state index in [-0.39, 0.29) is 0 Å². The second kappa shape index (κ2) is 4.23. The standard InChI is InChI=1S/C16H13BO2/c1-3-10-11(4-2)13-8-9-15(17(18)19)14-7-5-6-12(10)16(13)14/h3-9,18-19H,1-2H2. The van der Waals surface area contributed by atoms with Crippen molar-refractivity contribution >= 4 is 34.5 Å². The Morgan fingerprint density at radius 3 is 2.11 bits per heavy atom. The van der Waals surface area contributed by atoms with Crippen LogP contribution in [-0.2, 0) is 0 Å². The Balaban J connectivity index is 2.47. The lowest BCUT2D eigenvalue weighted by Crippen LogP contribution is -2.30. The van der Waals surface area contributed by atoms with E-state index >= 15 is 0 Å². The smallest absolute Gasteiger partial charge is 0.423 e. The molecule has 0 atom stereocenters. The fourth-order valence-electron chi connectivity index (χ4n) is 2.83. The van der Waals surface area contributed by atoms with Gasteiger partial charge in [0.05, 0.1) is 0 Å². The summed E-state index contributed by atoms with van der Waals surface area (Å²) in [5, 5.41) is 20.8. The van der Waals surface area contributed by atoms with Crippen molar-refractivity contribution < 1.29 is 10.0 Å². The third kappa shape index (κ3) is 1.53.